The topological polar surface area (TPSA) is 97.6 Å². The maximum absolute atomic E-state index is 14.1. The molecule has 2 aliphatic heterocycles. The Hall–Kier alpha value is -3.98. The smallest absolute Gasteiger partial charge is 0.199 e. The third-order valence-corrected chi connectivity index (χ3v) is 8.26. The van der Waals surface area contributed by atoms with Crippen molar-refractivity contribution in [1.82, 2.24) is 0 Å². The van der Waals surface area contributed by atoms with Gasteiger partial charge in [0.15, 0.2) is 26.9 Å². The number of methoxy groups -OCH3 is 1. The molecule has 0 fully saturated rings. The Kier molecular flexibility index (Phi) is 6.80. The lowest BCUT2D eigenvalue weighted by Crippen LogP contribution is -2.46. The van der Waals surface area contributed by atoms with Gasteiger partial charge in [-0.05, 0) is 48.9 Å². The number of sulfone groups is 1. The first-order valence-corrected chi connectivity index (χ1v) is 13.6. The van der Waals surface area contributed by atoms with E-state index in [4.69, 9.17) is 14.6 Å². The molecule has 2 heterocycles. The van der Waals surface area contributed by atoms with E-state index in [-0.39, 0.29) is 11.7 Å². The van der Waals surface area contributed by atoms with Gasteiger partial charge in [-0.3, -0.25) is 9.79 Å². The molecule has 190 valence electrons. The number of nitrogens with zero attached hydrogens (tertiary/aromatic N) is 3. The number of ketones is 1. The Balaban J connectivity index is 1.67. The van der Waals surface area contributed by atoms with Gasteiger partial charge in [-0.15, -0.1) is 0 Å². The molecule has 2 atom stereocenters. The third-order valence-electron chi connectivity index (χ3n) is 6.40. The molecule has 0 aliphatic carbocycles. The SMILES string of the molecule is COc1ccc(C2=NN(c3ccccc3)C(S(=O)(=O)CC3=NCCO3)C2C(=O)c2ccc(C)cc2)cc1. The summed E-state index contributed by atoms with van der Waals surface area (Å²) in [7, 11) is -2.43. The molecule has 0 spiro atoms. The first-order valence-electron chi connectivity index (χ1n) is 11.9. The third kappa shape index (κ3) is 4.99. The maximum atomic E-state index is 14.1. The number of benzene rings is 3. The van der Waals surface area contributed by atoms with Gasteiger partial charge in [0.25, 0.3) is 0 Å². The van der Waals surface area contributed by atoms with Crippen molar-refractivity contribution >= 4 is 32.9 Å². The fraction of sp³-hybridized carbons (Fsp3) is 0.250. The van der Waals surface area contributed by atoms with Gasteiger partial charge in [-0.2, -0.15) is 5.10 Å². The molecule has 0 bridgehead atoms. The average Bonchev–Trinajstić information content (AvgIpc) is 3.57. The Labute approximate surface area is 216 Å². The van der Waals surface area contributed by atoms with E-state index in [1.54, 1.807) is 67.8 Å². The number of carbonyl (C=O) groups excluding carboxylic acids is 1. The highest BCUT2D eigenvalue weighted by atomic mass is 32.2. The summed E-state index contributed by atoms with van der Waals surface area (Å²) in [5.41, 5.74) is 3.00. The molecule has 3 aromatic carbocycles. The summed E-state index contributed by atoms with van der Waals surface area (Å²) >= 11 is 0. The summed E-state index contributed by atoms with van der Waals surface area (Å²) in [6.07, 6.45) is 0. The Morgan fingerprint density at radius 1 is 1.03 bits per heavy atom. The molecule has 9 heteroatoms. The molecular formula is C28H27N3O5S. The van der Waals surface area contributed by atoms with Crippen LogP contribution in [0.3, 0.4) is 0 Å². The standard InChI is InChI=1S/C28H27N3O5S/c1-19-8-10-21(11-9-19)27(32)25-26(20-12-14-23(35-2)15-13-20)30-31(22-6-4-3-5-7-22)28(25)37(33,34)18-24-29-16-17-36-24/h3-15,25,28H,16-18H2,1-2H3. The zero-order chi connectivity index (χ0) is 26.0. The molecule has 0 saturated heterocycles. The van der Waals surface area contributed by atoms with Gasteiger partial charge in [-0.1, -0.05) is 48.0 Å². The molecule has 0 amide bonds. The van der Waals surface area contributed by atoms with Gasteiger partial charge in [0.05, 0.1) is 25.1 Å². The van der Waals surface area contributed by atoms with Crippen molar-refractivity contribution in [2.75, 3.05) is 31.0 Å². The number of anilines is 1. The Morgan fingerprint density at radius 3 is 2.35 bits per heavy atom. The van der Waals surface area contributed by atoms with Crippen LogP contribution in [0.4, 0.5) is 5.69 Å². The lowest BCUT2D eigenvalue weighted by atomic mass is 9.89. The van der Waals surface area contributed by atoms with Crippen LogP contribution in [-0.4, -0.2) is 57.2 Å². The molecule has 2 aliphatic rings. The van der Waals surface area contributed by atoms with Crippen molar-refractivity contribution in [1.29, 1.82) is 0 Å². The predicted molar refractivity (Wildman–Crippen MR) is 143 cm³/mol. The molecule has 0 saturated carbocycles. The molecule has 5 rings (SSSR count). The number of ether oxygens (including phenoxy) is 2. The van der Waals surface area contributed by atoms with Crippen LogP contribution in [0.15, 0.2) is 89.0 Å². The fourth-order valence-corrected chi connectivity index (χ4v) is 6.36. The number of aryl methyl sites for hydroxylation is 1. The van der Waals surface area contributed by atoms with Crippen LogP contribution in [0.25, 0.3) is 0 Å². The molecule has 2 unspecified atom stereocenters. The first kappa shape index (κ1) is 24.7. The van der Waals surface area contributed by atoms with E-state index >= 15 is 0 Å². The van der Waals surface area contributed by atoms with Crippen LogP contribution >= 0.6 is 0 Å². The minimum Gasteiger partial charge on any atom is -0.497 e. The predicted octanol–water partition coefficient (Wildman–Crippen LogP) is 3.90. The molecule has 0 N–H and O–H groups in total. The summed E-state index contributed by atoms with van der Waals surface area (Å²) in [6.45, 7) is 2.69. The van der Waals surface area contributed by atoms with Crippen LogP contribution in [0.2, 0.25) is 0 Å². The zero-order valence-electron chi connectivity index (χ0n) is 20.6. The van der Waals surface area contributed by atoms with Crippen molar-refractivity contribution in [3.05, 3.63) is 95.6 Å². The van der Waals surface area contributed by atoms with E-state index in [2.05, 4.69) is 4.99 Å². The van der Waals surface area contributed by atoms with Gasteiger partial charge in [0.1, 0.15) is 24.0 Å². The van der Waals surface area contributed by atoms with E-state index in [0.29, 0.717) is 41.4 Å². The molecule has 8 nitrogen and oxygen atoms in total. The highest BCUT2D eigenvalue weighted by Gasteiger charge is 2.50. The van der Waals surface area contributed by atoms with Crippen LogP contribution < -0.4 is 9.75 Å². The van der Waals surface area contributed by atoms with Crippen LogP contribution in [0.1, 0.15) is 21.5 Å². The fourth-order valence-electron chi connectivity index (χ4n) is 4.53. The number of hydrogen-bond donors (Lipinski definition) is 0. The number of hydrazone groups is 1. The summed E-state index contributed by atoms with van der Waals surface area (Å²) in [6, 6.07) is 23.2. The van der Waals surface area contributed by atoms with Gasteiger partial charge in [0, 0.05) is 5.56 Å². The molecule has 0 aromatic heterocycles. The van der Waals surface area contributed by atoms with E-state index in [9.17, 15) is 13.2 Å². The number of hydrogen-bond acceptors (Lipinski definition) is 8. The van der Waals surface area contributed by atoms with Crippen molar-refractivity contribution in [2.45, 2.75) is 12.3 Å². The zero-order valence-corrected chi connectivity index (χ0v) is 21.4. The van der Waals surface area contributed by atoms with Crippen molar-refractivity contribution in [2.24, 2.45) is 16.0 Å². The average molecular weight is 518 g/mol. The van der Waals surface area contributed by atoms with Gasteiger partial charge in [-0.25, -0.2) is 13.4 Å². The highest BCUT2D eigenvalue weighted by Crippen LogP contribution is 2.36. The molecule has 0 radical (unpaired) electrons. The summed E-state index contributed by atoms with van der Waals surface area (Å²) in [5, 5.41) is 4.94. The number of Topliss-reactive ketones (excluding diaryl/α,β-unsaturated/α-hetero) is 1. The molecule has 3 aromatic rings. The van der Waals surface area contributed by atoms with Gasteiger partial charge in [0.2, 0.25) is 0 Å². The number of rotatable bonds is 8. The van der Waals surface area contributed by atoms with E-state index in [1.165, 1.54) is 5.01 Å². The van der Waals surface area contributed by atoms with E-state index in [1.807, 2.05) is 25.1 Å². The Morgan fingerprint density at radius 2 is 1.73 bits per heavy atom. The second kappa shape index (κ2) is 10.2. The molecular weight excluding hydrogens is 490 g/mol. The second-order valence-corrected chi connectivity index (χ2v) is 11.0. The largest absolute Gasteiger partial charge is 0.497 e. The maximum Gasteiger partial charge on any atom is 0.199 e. The van der Waals surface area contributed by atoms with E-state index < -0.39 is 26.9 Å². The number of para-hydroxylation sites is 1. The quantitative estimate of drug-likeness (QED) is 0.421. The second-order valence-electron chi connectivity index (χ2n) is 8.92. The summed E-state index contributed by atoms with van der Waals surface area (Å²) in [5.74, 6) is -1.01. The van der Waals surface area contributed by atoms with Crippen molar-refractivity contribution in [3.8, 4) is 5.75 Å². The minimum atomic E-state index is -3.99. The van der Waals surface area contributed by atoms with Gasteiger partial charge >= 0.3 is 0 Å². The number of carbonyl (C=O) groups is 1. The highest BCUT2D eigenvalue weighted by molar-refractivity contribution is 7.92. The number of aliphatic imine (C=N–C) groups is 1. The van der Waals surface area contributed by atoms with E-state index in [0.717, 1.165) is 5.56 Å². The molecule has 37 heavy (non-hydrogen) atoms. The summed E-state index contributed by atoms with van der Waals surface area (Å²) < 4.78 is 38.7. The lowest BCUT2D eigenvalue weighted by Gasteiger charge is -2.27. The first-order chi connectivity index (χ1) is 17.9. The van der Waals surface area contributed by atoms with Gasteiger partial charge < -0.3 is 9.47 Å². The normalized spacial score (nSPS) is 19.2. The van der Waals surface area contributed by atoms with Crippen molar-refractivity contribution < 1.29 is 22.7 Å². The van der Waals surface area contributed by atoms with Crippen LogP contribution in [0, 0.1) is 12.8 Å². The monoisotopic (exact) mass is 517 g/mol. The minimum absolute atomic E-state index is 0.160. The van der Waals surface area contributed by atoms with Crippen LogP contribution in [-0.2, 0) is 14.6 Å². The lowest BCUT2D eigenvalue weighted by molar-refractivity contribution is 0.0954. The van der Waals surface area contributed by atoms with Crippen molar-refractivity contribution in [3.63, 3.8) is 0 Å². The van der Waals surface area contributed by atoms with Crippen LogP contribution in [0.5, 0.6) is 5.75 Å². The Bertz CT molecular complexity index is 1450. The summed E-state index contributed by atoms with van der Waals surface area (Å²) in [4.78, 5) is 18.3.